The van der Waals surface area contributed by atoms with Gasteiger partial charge in [0.25, 0.3) is 0 Å². The summed E-state index contributed by atoms with van der Waals surface area (Å²) in [6.45, 7) is -0.610. The number of nitrogen functional groups attached to an aromatic ring is 1. The van der Waals surface area contributed by atoms with Crippen molar-refractivity contribution in [2.75, 3.05) is 6.67 Å². The molecule has 0 saturated carbocycles. The Hall–Kier alpha value is -1.13. The molecule has 1 aromatic rings. The van der Waals surface area contributed by atoms with Gasteiger partial charge in [-0.2, -0.15) is 0 Å². The predicted molar refractivity (Wildman–Crippen MR) is 57.6 cm³/mol. The van der Waals surface area contributed by atoms with Crippen molar-refractivity contribution in [3.8, 4) is 0 Å². The lowest BCUT2D eigenvalue weighted by atomic mass is 10.1. The van der Waals surface area contributed by atoms with Crippen molar-refractivity contribution in [3.63, 3.8) is 0 Å². The zero-order chi connectivity index (χ0) is 9.84. The van der Waals surface area contributed by atoms with Crippen molar-refractivity contribution in [1.29, 1.82) is 5.41 Å². The van der Waals surface area contributed by atoms with E-state index < -0.39 is 12.7 Å². The molecule has 0 aromatic heterocycles. The molecule has 5 heteroatoms. The summed E-state index contributed by atoms with van der Waals surface area (Å²) in [6.07, 6.45) is 0. The molecule has 0 heterocycles. The number of amidine groups is 1. The molecule has 78 valence electrons. The molecule has 1 aromatic carbocycles. The van der Waals surface area contributed by atoms with Gasteiger partial charge in [0.2, 0.25) is 0 Å². The molecule has 1 rings (SSSR count). The summed E-state index contributed by atoms with van der Waals surface area (Å²) < 4.78 is 12.2. The maximum atomic E-state index is 12.2. The first-order valence-corrected chi connectivity index (χ1v) is 3.91. The van der Waals surface area contributed by atoms with E-state index in [1.165, 1.54) is 0 Å². The molecule has 0 radical (unpaired) electrons. The fourth-order valence-electron chi connectivity index (χ4n) is 1.03. The lowest BCUT2D eigenvalue weighted by Crippen LogP contribution is -2.15. The molecule has 0 saturated heterocycles. The van der Waals surface area contributed by atoms with Crippen LogP contribution in [0.15, 0.2) is 24.3 Å². The van der Waals surface area contributed by atoms with Gasteiger partial charge in [-0.3, -0.25) is 5.41 Å². The van der Waals surface area contributed by atoms with Gasteiger partial charge in [0.15, 0.2) is 0 Å². The maximum Gasteiger partial charge on any atom is 0.122 e. The first-order chi connectivity index (χ1) is 6.15. The number of nitrogens with two attached hydrogens (primary N) is 2. The minimum atomic E-state index is -0.626. The molecule has 0 bridgehead atoms. The van der Waals surface area contributed by atoms with E-state index in [0.717, 1.165) is 0 Å². The highest BCUT2D eigenvalue weighted by atomic mass is 35.5. The van der Waals surface area contributed by atoms with Crippen LogP contribution < -0.4 is 11.5 Å². The number of rotatable bonds is 3. The molecular formula is C9H13ClFN3. The molecule has 0 aliphatic carbocycles. The second kappa shape index (κ2) is 5.57. The molecule has 0 spiro atoms. The van der Waals surface area contributed by atoms with Crippen LogP contribution in [-0.2, 0) is 0 Å². The van der Waals surface area contributed by atoms with Crippen LogP contribution in [-0.4, -0.2) is 12.5 Å². The van der Waals surface area contributed by atoms with Gasteiger partial charge in [-0.05, 0) is 11.6 Å². The maximum absolute atomic E-state index is 12.2. The average molecular weight is 218 g/mol. The monoisotopic (exact) mass is 217 g/mol. The fourth-order valence-corrected chi connectivity index (χ4v) is 1.03. The first-order valence-electron chi connectivity index (χ1n) is 3.91. The molecule has 0 aliphatic rings. The normalized spacial score (nSPS) is 11.6. The molecule has 0 amide bonds. The Balaban J connectivity index is 0.00000169. The summed E-state index contributed by atoms with van der Waals surface area (Å²) in [5.74, 6) is -0.0343. The van der Waals surface area contributed by atoms with Crippen LogP contribution in [0.1, 0.15) is 17.2 Å². The lowest BCUT2D eigenvalue weighted by molar-refractivity contribution is 0.437. The third kappa shape index (κ3) is 2.97. The van der Waals surface area contributed by atoms with E-state index in [2.05, 4.69) is 0 Å². The van der Waals surface area contributed by atoms with Gasteiger partial charge in [-0.1, -0.05) is 18.2 Å². The highest BCUT2D eigenvalue weighted by Gasteiger charge is 2.06. The van der Waals surface area contributed by atoms with E-state index in [9.17, 15) is 4.39 Å². The number of halogens is 2. The Kier molecular flexibility index (Phi) is 5.12. The molecule has 3 nitrogen and oxygen atoms in total. The van der Waals surface area contributed by atoms with Crippen LogP contribution in [0.2, 0.25) is 0 Å². The number of nitrogens with one attached hydrogen (secondary N) is 1. The smallest absolute Gasteiger partial charge is 0.122 e. The van der Waals surface area contributed by atoms with Crippen molar-refractivity contribution in [2.45, 2.75) is 6.04 Å². The van der Waals surface area contributed by atoms with Crippen molar-refractivity contribution in [3.05, 3.63) is 35.4 Å². The molecule has 0 fully saturated rings. The number of benzene rings is 1. The standard InChI is InChI=1S/C9H12FN3.ClH/c10-5-8(11)6-2-1-3-7(4-6)9(12)13;/h1-4,8H,5,11H2,(H3,12,13);1H. The van der Waals surface area contributed by atoms with E-state index in [4.69, 9.17) is 16.9 Å². The average Bonchev–Trinajstić information content (AvgIpc) is 2.17. The van der Waals surface area contributed by atoms with Crippen LogP contribution in [0, 0.1) is 5.41 Å². The van der Waals surface area contributed by atoms with Crippen molar-refractivity contribution >= 4 is 18.2 Å². The van der Waals surface area contributed by atoms with Crippen LogP contribution >= 0.6 is 12.4 Å². The molecule has 0 aliphatic heterocycles. The van der Waals surface area contributed by atoms with E-state index in [1.54, 1.807) is 24.3 Å². The Morgan fingerprint density at radius 2 is 2.14 bits per heavy atom. The summed E-state index contributed by atoms with van der Waals surface area (Å²) in [6, 6.07) is 6.13. The largest absolute Gasteiger partial charge is 0.384 e. The summed E-state index contributed by atoms with van der Waals surface area (Å²) in [5.41, 5.74) is 12.0. The van der Waals surface area contributed by atoms with Gasteiger partial charge in [0, 0.05) is 5.56 Å². The molecular weight excluding hydrogens is 205 g/mol. The highest BCUT2D eigenvalue weighted by molar-refractivity contribution is 5.95. The third-order valence-corrected chi connectivity index (χ3v) is 1.79. The molecule has 14 heavy (non-hydrogen) atoms. The fraction of sp³-hybridized carbons (Fsp3) is 0.222. The van der Waals surface area contributed by atoms with Crippen LogP contribution in [0.3, 0.4) is 0 Å². The second-order valence-corrected chi connectivity index (χ2v) is 2.80. The summed E-state index contributed by atoms with van der Waals surface area (Å²) in [5, 5.41) is 7.17. The number of hydrogen-bond acceptors (Lipinski definition) is 2. The first kappa shape index (κ1) is 12.9. The molecule has 1 unspecified atom stereocenters. The van der Waals surface area contributed by atoms with Gasteiger partial charge in [-0.25, -0.2) is 4.39 Å². The van der Waals surface area contributed by atoms with E-state index in [1.807, 2.05) is 0 Å². The number of hydrogen-bond donors (Lipinski definition) is 3. The summed E-state index contributed by atoms with van der Waals surface area (Å²) >= 11 is 0. The third-order valence-electron chi connectivity index (χ3n) is 1.79. The molecule has 5 N–H and O–H groups in total. The van der Waals surface area contributed by atoms with Gasteiger partial charge < -0.3 is 11.5 Å². The quantitative estimate of drug-likeness (QED) is 0.528. The minimum Gasteiger partial charge on any atom is -0.384 e. The van der Waals surface area contributed by atoms with Gasteiger partial charge >= 0.3 is 0 Å². The zero-order valence-corrected chi connectivity index (χ0v) is 8.35. The highest BCUT2D eigenvalue weighted by Crippen LogP contribution is 2.12. The van der Waals surface area contributed by atoms with Gasteiger partial charge in [0.1, 0.15) is 12.5 Å². The summed E-state index contributed by atoms with van der Waals surface area (Å²) in [4.78, 5) is 0. The number of alkyl halides is 1. The van der Waals surface area contributed by atoms with Gasteiger partial charge in [-0.15, -0.1) is 12.4 Å². The van der Waals surface area contributed by atoms with Gasteiger partial charge in [0.05, 0.1) is 6.04 Å². The SMILES string of the molecule is Cl.N=C(N)c1cccc(C(N)CF)c1. The zero-order valence-electron chi connectivity index (χ0n) is 7.53. The Labute approximate surface area is 88.2 Å². The Bertz CT molecular complexity index is 317. The Morgan fingerprint density at radius 3 is 2.64 bits per heavy atom. The Morgan fingerprint density at radius 1 is 1.50 bits per heavy atom. The van der Waals surface area contributed by atoms with E-state index in [0.29, 0.717) is 11.1 Å². The second-order valence-electron chi connectivity index (χ2n) is 2.80. The van der Waals surface area contributed by atoms with Crippen molar-refractivity contribution in [2.24, 2.45) is 11.5 Å². The van der Waals surface area contributed by atoms with E-state index >= 15 is 0 Å². The minimum absolute atomic E-state index is 0. The topological polar surface area (TPSA) is 75.9 Å². The van der Waals surface area contributed by atoms with Crippen LogP contribution in [0.5, 0.6) is 0 Å². The van der Waals surface area contributed by atoms with Crippen LogP contribution in [0.25, 0.3) is 0 Å². The lowest BCUT2D eigenvalue weighted by Gasteiger charge is -2.08. The predicted octanol–water partition coefficient (Wildman–Crippen LogP) is 1.36. The molecule has 1 atom stereocenters. The van der Waals surface area contributed by atoms with E-state index in [-0.39, 0.29) is 18.2 Å². The van der Waals surface area contributed by atoms with Crippen molar-refractivity contribution in [1.82, 2.24) is 0 Å². The summed E-state index contributed by atoms with van der Waals surface area (Å²) in [7, 11) is 0. The van der Waals surface area contributed by atoms with Crippen molar-refractivity contribution < 1.29 is 4.39 Å². The van der Waals surface area contributed by atoms with Crippen LogP contribution in [0.4, 0.5) is 4.39 Å².